The Morgan fingerprint density at radius 2 is 2.00 bits per heavy atom. The van der Waals surface area contributed by atoms with Crippen LogP contribution >= 0.6 is 0 Å². The minimum Gasteiger partial charge on any atom is -0.384 e. The standard InChI is InChI=1S/C15H25N3O3/c1-15(2,3)12-9-11(10-13(16)18-12)14(19)17-5-6-21-8-7-20-4/h9-10H,5-8H2,1-4H3,(H2,16,18)(H,17,19). The van der Waals surface area contributed by atoms with Gasteiger partial charge in [0.2, 0.25) is 0 Å². The molecule has 0 aliphatic carbocycles. The first-order valence-electron chi connectivity index (χ1n) is 6.97. The molecule has 0 radical (unpaired) electrons. The summed E-state index contributed by atoms with van der Waals surface area (Å²) in [6.45, 7) is 8.03. The SMILES string of the molecule is COCCOCCNC(=O)c1cc(N)nc(C(C)(C)C)c1. The highest BCUT2D eigenvalue weighted by molar-refractivity contribution is 5.94. The molecule has 0 aliphatic heterocycles. The number of nitrogens with one attached hydrogen (secondary N) is 1. The molecular weight excluding hydrogens is 270 g/mol. The highest BCUT2D eigenvalue weighted by Crippen LogP contribution is 2.22. The van der Waals surface area contributed by atoms with E-state index in [0.29, 0.717) is 37.7 Å². The first kappa shape index (κ1) is 17.4. The molecule has 0 fully saturated rings. The predicted molar refractivity (Wildman–Crippen MR) is 82.4 cm³/mol. The van der Waals surface area contributed by atoms with Crippen molar-refractivity contribution in [2.24, 2.45) is 0 Å². The number of anilines is 1. The number of carbonyl (C=O) groups is 1. The Kier molecular flexibility index (Phi) is 6.58. The third kappa shape index (κ3) is 6.10. The molecule has 1 aromatic rings. The van der Waals surface area contributed by atoms with Gasteiger partial charge in [-0.1, -0.05) is 20.8 Å². The number of ether oxygens (including phenoxy) is 2. The molecule has 0 atom stereocenters. The van der Waals surface area contributed by atoms with E-state index in [4.69, 9.17) is 15.2 Å². The average Bonchev–Trinajstić information content (AvgIpc) is 2.40. The Morgan fingerprint density at radius 1 is 1.29 bits per heavy atom. The van der Waals surface area contributed by atoms with Crippen molar-refractivity contribution in [3.8, 4) is 0 Å². The van der Waals surface area contributed by atoms with Crippen molar-refractivity contribution in [2.45, 2.75) is 26.2 Å². The summed E-state index contributed by atoms with van der Waals surface area (Å²) < 4.78 is 10.1. The fraction of sp³-hybridized carbons (Fsp3) is 0.600. The lowest BCUT2D eigenvalue weighted by atomic mass is 9.90. The van der Waals surface area contributed by atoms with Gasteiger partial charge in [0.1, 0.15) is 5.82 Å². The highest BCUT2D eigenvalue weighted by atomic mass is 16.5. The molecule has 0 aromatic carbocycles. The van der Waals surface area contributed by atoms with Crippen LogP contribution in [-0.4, -0.2) is 44.4 Å². The fourth-order valence-corrected chi connectivity index (χ4v) is 1.65. The smallest absolute Gasteiger partial charge is 0.251 e. The van der Waals surface area contributed by atoms with E-state index in [-0.39, 0.29) is 11.3 Å². The summed E-state index contributed by atoms with van der Waals surface area (Å²) in [6.07, 6.45) is 0. The summed E-state index contributed by atoms with van der Waals surface area (Å²) in [5, 5.41) is 2.79. The first-order chi connectivity index (χ1) is 9.84. The largest absolute Gasteiger partial charge is 0.384 e. The van der Waals surface area contributed by atoms with Crippen molar-refractivity contribution < 1.29 is 14.3 Å². The van der Waals surface area contributed by atoms with E-state index in [9.17, 15) is 4.79 Å². The molecule has 0 saturated heterocycles. The van der Waals surface area contributed by atoms with Gasteiger partial charge in [-0.05, 0) is 12.1 Å². The number of pyridine rings is 1. The second-order valence-corrected chi connectivity index (χ2v) is 5.78. The Labute approximate surface area is 126 Å². The van der Waals surface area contributed by atoms with Crippen LogP contribution in [0.3, 0.4) is 0 Å². The zero-order valence-electron chi connectivity index (χ0n) is 13.2. The van der Waals surface area contributed by atoms with Gasteiger partial charge in [0.25, 0.3) is 5.91 Å². The number of hydrogen-bond acceptors (Lipinski definition) is 5. The minimum absolute atomic E-state index is 0.159. The van der Waals surface area contributed by atoms with Gasteiger partial charge in [0, 0.05) is 30.3 Å². The Morgan fingerprint density at radius 3 is 2.62 bits per heavy atom. The number of carbonyl (C=O) groups excluding carboxylic acids is 1. The van der Waals surface area contributed by atoms with Crippen LogP contribution in [0.2, 0.25) is 0 Å². The highest BCUT2D eigenvalue weighted by Gasteiger charge is 2.18. The molecule has 3 N–H and O–H groups in total. The van der Waals surface area contributed by atoms with Gasteiger partial charge >= 0.3 is 0 Å². The average molecular weight is 295 g/mol. The number of nitrogens with zero attached hydrogens (tertiary/aromatic N) is 1. The summed E-state index contributed by atoms with van der Waals surface area (Å²) in [4.78, 5) is 16.4. The van der Waals surface area contributed by atoms with Crippen molar-refractivity contribution in [3.05, 3.63) is 23.4 Å². The molecule has 118 valence electrons. The predicted octanol–water partition coefficient (Wildman–Crippen LogP) is 1.35. The van der Waals surface area contributed by atoms with Crippen LogP contribution in [0.15, 0.2) is 12.1 Å². The molecule has 1 heterocycles. The second-order valence-electron chi connectivity index (χ2n) is 5.78. The van der Waals surface area contributed by atoms with Gasteiger partial charge in [-0.25, -0.2) is 4.98 Å². The zero-order valence-corrected chi connectivity index (χ0v) is 13.2. The van der Waals surface area contributed by atoms with Crippen LogP contribution in [-0.2, 0) is 14.9 Å². The van der Waals surface area contributed by atoms with Gasteiger partial charge in [-0.15, -0.1) is 0 Å². The number of methoxy groups -OCH3 is 1. The Hall–Kier alpha value is -1.66. The maximum Gasteiger partial charge on any atom is 0.251 e. The van der Waals surface area contributed by atoms with Gasteiger partial charge < -0.3 is 20.5 Å². The summed E-state index contributed by atoms with van der Waals surface area (Å²) in [6, 6.07) is 3.35. The summed E-state index contributed by atoms with van der Waals surface area (Å²) in [5.74, 6) is 0.175. The van der Waals surface area contributed by atoms with E-state index >= 15 is 0 Å². The molecule has 21 heavy (non-hydrogen) atoms. The third-order valence-corrected chi connectivity index (χ3v) is 2.84. The van der Waals surface area contributed by atoms with Gasteiger partial charge in [-0.3, -0.25) is 4.79 Å². The number of amides is 1. The van der Waals surface area contributed by atoms with E-state index < -0.39 is 0 Å². The van der Waals surface area contributed by atoms with Crippen LogP contribution in [0.5, 0.6) is 0 Å². The van der Waals surface area contributed by atoms with Crippen LogP contribution in [0.1, 0.15) is 36.8 Å². The zero-order chi connectivity index (χ0) is 15.9. The van der Waals surface area contributed by atoms with Crippen molar-refractivity contribution in [1.82, 2.24) is 10.3 Å². The topological polar surface area (TPSA) is 86.5 Å². The van der Waals surface area contributed by atoms with Crippen molar-refractivity contribution in [3.63, 3.8) is 0 Å². The summed E-state index contributed by atoms with van der Waals surface area (Å²) in [7, 11) is 1.62. The van der Waals surface area contributed by atoms with E-state index in [1.807, 2.05) is 20.8 Å². The monoisotopic (exact) mass is 295 g/mol. The minimum atomic E-state index is -0.176. The molecule has 0 bridgehead atoms. The van der Waals surface area contributed by atoms with Crippen LogP contribution in [0.25, 0.3) is 0 Å². The van der Waals surface area contributed by atoms with Gasteiger partial charge in [-0.2, -0.15) is 0 Å². The van der Waals surface area contributed by atoms with Gasteiger partial charge in [0.15, 0.2) is 0 Å². The van der Waals surface area contributed by atoms with E-state index in [1.165, 1.54) is 0 Å². The Balaban J connectivity index is 2.56. The summed E-state index contributed by atoms with van der Waals surface area (Å²) >= 11 is 0. The lowest BCUT2D eigenvalue weighted by Crippen LogP contribution is -2.28. The van der Waals surface area contributed by atoms with E-state index in [0.717, 1.165) is 5.69 Å². The molecular formula is C15H25N3O3. The van der Waals surface area contributed by atoms with Crippen molar-refractivity contribution >= 4 is 11.7 Å². The van der Waals surface area contributed by atoms with Gasteiger partial charge in [0.05, 0.1) is 19.8 Å². The van der Waals surface area contributed by atoms with Crippen LogP contribution in [0.4, 0.5) is 5.82 Å². The molecule has 6 nitrogen and oxygen atoms in total. The van der Waals surface area contributed by atoms with Crippen LogP contribution < -0.4 is 11.1 Å². The molecule has 0 saturated carbocycles. The van der Waals surface area contributed by atoms with E-state index in [1.54, 1.807) is 19.2 Å². The van der Waals surface area contributed by atoms with Crippen molar-refractivity contribution in [1.29, 1.82) is 0 Å². The lowest BCUT2D eigenvalue weighted by Gasteiger charge is -2.19. The molecule has 0 aliphatic rings. The lowest BCUT2D eigenvalue weighted by molar-refractivity contribution is 0.0692. The third-order valence-electron chi connectivity index (χ3n) is 2.84. The Bertz CT molecular complexity index is 470. The molecule has 0 spiro atoms. The molecule has 1 rings (SSSR count). The number of nitrogen functional groups attached to an aromatic ring is 1. The first-order valence-corrected chi connectivity index (χ1v) is 6.97. The molecule has 1 aromatic heterocycles. The number of hydrogen-bond donors (Lipinski definition) is 2. The normalized spacial score (nSPS) is 11.4. The second kappa shape index (κ2) is 7.95. The fourth-order valence-electron chi connectivity index (χ4n) is 1.65. The van der Waals surface area contributed by atoms with Crippen LogP contribution in [0, 0.1) is 0 Å². The molecule has 0 unspecified atom stereocenters. The molecule has 1 amide bonds. The maximum atomic E-state index is 12.1. The quantitative estimate of drug-likeness (QED) is 0.742. The number of aromatic nitrogens is 1. The number of rotatable bonds is 7. The summed E-state index contributed by atoms with van der Waals surface area (Å²) in [5.41, 5.74) is 6.93. The molecule has 6 heteroatoms. The number of nitrogens with two attached hydrogens (primary N) is 1. The van der Waals surface area contributed by atoms with E-state index in [2.05, 4.69) is 10.3 Å². The van der Waals surface area contributed by atoms with Crippen molar-refractivity contribution in [2.75, 3.05) is 39.2 Å². The maximum absolute atomic E-state index is 12.1.